The van der Waals surface area contributed by atoms with Crippen LogP contribution in [-0.2, 0) is 24.3 Å². The molecule has 1 N–H and O–H groups in total. The van der Waals surface area contributed by atoms with E-state index in [0.717, 1.165) is 13.1 Å². The maximum atomic E-state index is 13.2. The van der Waals surface area contributed by atoms with Gasteiger partial charge in [0, 0.05) is 25.8 Å². The average molecular weight is 356 g/mol. The Bertz CT molecular complexity index is 844. The summed E-state index contributed by atoms with van der Waals surface area (Å²) in [4.78, 5) is 30.8. The lowest BCUT2D eigenvalue weighted by Crippen LogP contribution is -2.41. The number of nitrogens with zero attached hydrogens (tertiary/aromatic N) is 3. The monoisotopic (exact) mass is 356 g/mol. The van der Waals surface area contributed by atoms with Gasteiger partial charge in [0.15, 0.2) is 5.82 Å². The quantitative estimate of drug-likeness (QED) is 0.857. The molecule has 0 bridgehead atoms. The van der Waals surface area contributed by atoms with Crippen molar-refractivity contribution < 1.29 is 14.0 Å². The Kier molecular flexibility index (Phi) is 4.44. The smallest absolute Gasteiger partial charge is 0.289 e. The number of hydrogen-bond donors (Lipinski definition) is 1. The van der Waals surface area contributed by atoms with E-state index in [1.54, 1.807) is 12.1 Å². The van der Waals surface area contributed by atoms with Gasteiger partial charge in [0.2, 0.25) is 5.91 Å². The molecule has 1 aliphatic heterocycles. The predicted octanol–water partition coefficient (Wildman–Crippen LogP) is 1.75. The van der Waals surface area contributed by atoms with E-state index in [1.165, 1.54) is 25.0 Å². The first-order valence-corrected chi connectivity index (χ1v) is 8.95. The van der Waals surface area contributed by atoms with E-state index in [2.05, 4.69) is 10.3 Å². The third-order valence-corrected chi connectivity index (χ3v) is 4.81. The fourth-order valence-electron chi connectivity index (χ4n) is 3.24. The van der Waals surface area contributed by atoms with E-state index in [1.807, 2.05) is 15.7 Å². The largest absolute Gasteiger partial charge is 0.350 e. The van der Waals surface area contributed by atoms with Crippen molar-refractivity contribution in [1.82, 2.24) is 19.8 Å². The summed E-state index contributed by atoms with van der Waals surface area (Å²) in [7, 11) is 0. The number of benzene rings is 1. The number of rotatable bonds is 6. The molecule has 2 amide bonds. The maximum absolute atomic E-state index is 13.2. The summed E-state index contributed by atoms with van der Waals surface area (Å²) in [5.41, 5.74) is 1.28. The normalized spacial score (nSPS) is 16.5. The van der Waals surface area contributed by atoms with Gasteiger partial charge >= 0.3 is 0 Å². The summed E-state index contributed by atoms with van der Waals surface area (Å²) < 4.78 is 15.0. The molecule has 6 nitrogen and oxygen atoms in total. The third kappa shape index (κ3) is 3.76. The number of aromatic nitrogens is 2. The molecular weight excluding hydrogens is 335 g/mol. The van der Waals surface area contributed by atoms with E-state index in [4.69, 9.17) is 0 Å². The van der Waals surface area contributed by atoms with Crippen LogP contribution in [0.5, 0.6) is 0 Å². The third-order valence-electron chi connectivity index (χ3n) is 4.81. The Labute approximate surface area is 151 Å². The number of amides is 2. The first-order chi connectivity index (χ1) is 12.6. The van der Waals surface area contributed by atoms with Crippen molar-refractivity contribution in [2.24, 2.45) is 5.92 Å². The second-order valence-electron chi connectivity index (χ2n) is 7.03. The Balaban J connectivity index is 1.34. The van der Waals surface area contributed by atoms with Crippen LogP contribution >= 0.6 is 0 Å². The molecule has 2 aliphatic rings. The molecule has 1 fully saturated rings. The molecule has 1 aliphatic carbocycles. The van der Waals surface area contributed by atoms with Crippen LogP contribution in [0.15, 0.2) is 30.5 Å². The molecule has 0 saturated heterocycles. The van der Waals surface area contributed by atoms with Crippen LogP contribution in [0.1, 0.15) is 34.7 Å². The van der Waals surface area contributed by atoms with Gasteiger partial charge in [-0.2, -0.15) is 0 Å². The highest BCUT2D eigenvalue weighted by Crippen LogP contribution is 2.30. The van der Waals surface area contributed by atoms with E-state index < -0.39 is 0 Å². The second-order valence-corrected chi connectivity index (χ2v) is 7.03. The SMILES string of the molecule is O=C(Cc1cccc(F)c1)NCc1cn2c(n1)C(=O)N(CC1CC1)CC2. The van der Waals surface area contributed by atoms with Crippen molar-refractivity contribution in [3.8, 4) is 0 Å². The summed E-state index contributed by atoms with van der Waals surface area (Å²) in [6, 6.07) is 5.99. The van der Waals surface area contributed by atoms with Crippen LogP contribution in [0.25, 0.3) is 0 Å². The van der Waals surface area contributed by atoms with Crippen LogP contribution in [0.4, 0.5) is 4.39 Å². The molecule has 0 unspecified atom stereocenters. The van der Waals surface area contributed by atoms with Gasteiger partial charge < -0.3 is 14.8 Å². The van der Waals surface area contributed by atoms with Crippen LogP contribution in [-0.4, -0.2) is 39.4 Å². The highest BCUT2D eigenvalue weighted by molar-refractivity contribution is 5.91. The molecule has 4 rings (SSSR count). The number of hydrogen-bond acceptors (Lipinski definition) is 3. The van der Waals surface area contributed by atoms with Crippen LogP contribution < -0.4 is 5.32 Å². The summed E-state index contributed by atoms with van der Waals surface area (Å²) in [5.74, 6) is 0.517. The standard InChI is InChI=1S/C19H21FN4O2/c20-15-3-1-2-14(8-15)9-17(25)21-10-16-12-23-6-7-24(11-13-4-5-13)19(26)18(23)22-16/h1-3,8,12-13H,4-7,9-11H2,(H,21,25). The van der Waals surface area contributed by atoms with Crippen LogP contribution in [0.2, 0.25) is 0 Å². The van der Waals surface area contributed by atoms with Crippen molar-refractivity contribution in [3.63, 3.8) is 0 Å². The Morgan fingerprint density at radius 1 is 1.31 bits per heavy atom. The lowest BCUT2D eigenvalue weighted by Gasteiger charge is -2.27. The predicted molar refractivity (Wildman–Crippen MR) is 92.8 cm³/mol. The summed E-state index contributed by atoms with van der Waals surface area (Å²) in [6.45, 7) is 2.53. The Morgan fingerprint density at radius 3 is 2.92 bits per heavy atom. The molecule has 136 valence electrons. The average Bonchev–Trinajstić information content (AvgIpc) is 3.32. The van der Waals surface area contributed by atoms with Crippen molar-refractivity contribution in [1.29, 1.82) is 0 Å². The van der Waals surface area contributed by atoms with E-state index in [-0.39, 0.29) is 30.6 Å². The van der Waals surface area contributed by atoms with Crippen LogP contribution in [0, 0.1) is 11.7 Å². The zero-order valence-electron chi connectivity index (χ0n) is 14.4. The zero-order chi connectivity index (χ0) is 18.1. The molecule has 2 aromatic rings. The highest BCUT2D eigenvalue weighted by Gasteiger charge is 2.31. The number of halogens is 1. The second kappa shape index (κ2) is 6.90. The topological polar surface area (TPSA) is 67.2 Å². The fraction of sp³-hybridized carbons (Fsp3) is 0.421. The van der Waals surface area contributed by atoms with Crippen molar-refractivity contribution in [3.05, 3.63) is 53.4 Å². The van der Waals surface area contributed by atoms with E-state index in [0.29, 0.717) is 29.5 Å². The molecule has 26 heavy (non-hydrogen) atoms. The molecule has 2 heterocycles. The van der Waals surface area contributed by atoms with E-state index in [9.17, 15) is 14.0 Å². The first kappa shape index (κ1) is 16.8. The fourth-order valence-corrected chi connectivity index (χ4v) is 3.24. The number of carbonyl (C=O) groups is 2. The number of carbonyl (C=O) groups excluding carboxylic acids is 2. The molecule has 0 radical (unpaired) electrons. The number of imidazole rings is 1. The number of fused-ring (bicyclic) bond motifs is 1. The van der Waals surface area contributed by atoms with Gasteiger partial charge in [0.05, 0.1) is 18.7 Å². The van der Waals surface area contributed by atoms with Crippen LogP contribution in [0.3, 0.4) is 0 Å². The minimum absolute atomic E-state index is 0.0273. The van der Waals surface area contributed by atoms with Gasteiger partial charge in [-0.3, -0.25) is 9.59 Å². The Morgan fingerprint density at radius 2 is 2.15 bits per heavy atom. The summed E-state index contributed by atoms with van der Waals surface area (Å²) in [5, 5.41) is 2.78. The minimum atomic E-state index is -0.355. The van der Waals surface area contributed by atoms with Gasteiger partial charge in [0.1, 0.15) is 5.82 Å². The minimum Gasteiger partial charge on any atom is -0.350 e. The zero-order valence-corrected chi connectivity index (χ0v) is 14.4. The van der Waals surface area contributed by atoms with Crippen molar-refractivity contribution in [2.45, 2.75) is 32.4 Å². The first-order valence-electron chi connectivity index (χ1n) is 8.95. The molecular formula is C19H21FN4O2. The number of nitrogens with one attached hydrogen (secondary N) is 1. The van der Waals surface area contributed by atoms with Gasteiger partial charge in [-0.05, 0) is 36.5 Å². The van der Waals surface area contributed by atoms with Crippen molar-refractivity contribution in [2.75, 3.05) is 13.1 Å². The summed E-state index contributed by atoms with van der Waals surface area (Å²) >= 11 is 0. The van der Waals surface area contributed by atoms with E-state index >= 15 is 0 Å². The lowest BCUT2D eigenvalue weighted by atomic mass is 10.1. The maximum Gasteiger partial charge on any atom is 0.289 e. The van der Waals surface area contributed by atoms with Gasteiger partial charge in [-0.1, -0.05) is 12.1 Å². The van der Waals surface area contributed by atoms with Gasteiger partial charge in [-0.15, -0.1) is 0 Å². The van der Waals surface area contributed by atoms with Gasteiger partial charge in [0.25, 0.3) is 5.91 Å². The molecule has 1 aromatic carbocycles. The Hall–Kier alpha value is -2.70. The molecule has 0 atom stereocenters. The molecule has 7 heteroatoms. The van der Waals surface area contributed by atoms with Gasteiger partial charge in [-0.25, -0.2) is 9.37 Å². The summed E-state index contributed by atoms with van der Waals surface area (Å²) in [6.07, 6.45) is 4.35. The molecule has 1 saturated carbocycles. The highest BCUT2D eigenvalue weighted by atomic mass is 19.1. The molecule has 1 aromatic heterocycles. The molecule has 0 spiro atoms. The lowest BCUT2D eigenvalue weighted by molar-refractivity contribution is -0.120. The van der Waals surface area contributed by atoms with Crippen molar-refractivity contribution >= 4 is 11.8 Å².